The molecule has 6 aromatic rings. The van der Waals surface area contributed by atoms with Crippen LogP contribution in [0.2, 0.25) is 0 Å². The minimum absolute atomic E-state index is 0.0233. The van der Waals surface area contributed by atoms with E-state index in [0.29, 0.717) is 5.57 Å². The molecule has 8 rings (SSSR count). The molecule has 1 atom stereocenters. The van der Waals surface area contributed by atoms with Crippen LogP contribution in [0, 0.1) is 0 Å². The third-order valence-electron chi connectivity index (χ3n) is 9.64. The Hall–Kier alpha value is -5.76. The summed E-state index contributed by atoms with van der Waals surface area (Å²) in [6, 6.07) is 36.7. The van der Waals surface area contributed by atoms with Gasteiger partial charge in [-0.2, -0.15) is 16.8 Å². The van der Waals surface area contributed by atoms with Gasteiger partial charge in [-0.3, -0.25) is 18.7 Å². The van der Waals surface area contributed by atoms with Gasteiger partial charge in [0, 0.05) is 64.9 Å². The maximum absolute atomic E-state index is 11.8. The van der Waals surface area contributed by atoms with Crippen molar-refractivity contribution in [3.8, 4) is 0 Å². The summed E-state index contributed by atoms with van der Waals surface area (Å²) in [5, 5.41) is 1.47. The molecule has 2 heterocycles. The first kappa shape index (κ1) is 39.9. The molecule has 0 spiro atoms. The summed E-state index contributed by atoms with van der Waals surface area (Å²) >= 11 is 0. The number of allylic oxidation sites excluding steroid dienone is 5. The molecule has 10 nitrogen and oxygen atoms in total. The number of hydrogen-bond acceptors (Lipinski definition) is 7. The number of fused-ring (bicyclic) bond motifs is 4. The quantitative estimate of drug-likeness (QED) is 0.0947. The fourth-order valence-corrected chi connectivity index (χ4v) is 8.47. The molecule has 0 saturated carbocycles. The zero-order chi connectivity index (χ0) is 40.0. The predicted octanol–water partition coefficient (Wildman–Crippen LogP) is 7.60. The Labute approximate surface area is 326 Å². The monoisotopic (exact) mass is 788 g/mol. The highest BCUT2D eigenvalue weighted by atomic mass is 32.2. The Balaban J connectivity index is 0.000000144. The maximum Gasteiger partial charge on any atom is 0.295 e. The van der Waals surface area contributed by atoms with Crippen molar-refractivity contribution >= 4 is 53.5 Å². The van der Waals surface area contributed by atoms with E-state index in [0.717, 1.165) is 43.8 Å². The SMILES string of the molecule is C=CC(C1=CC(=O)C=CC1=O)c1ccccc1.CN1CCc2c(c3ccccc3n2Cc2ccccc2)C1.O=S(=O)(O)c1cccc2c(S(=O)(=O)O)cccc12. The molecule has 1 aliphatic heterocycles. The molecule has 0 amide bonds. The summed E-state index contributed by atoms with van der Waals surface area (Å²) in [7, 11) is -6.72. The second-order valence-corrected chi connectivity index (χ2v) is 16.2. The van der Waals surface area contributed by atoms with Gasteiger partial charge in [-0.25, -0.2) is 0 Å². The van der Waals surface area contributed by atoms with Crippen molar-refractivity contribution < 1.29 is 35.5 Å². The van der Waals surface area contributed by atoms with Crippen LogP contribution >= 0.6 is 0 Å². The van der Waals surface area contributed by atoms with Gasteiger partial charge in [-0.1, -0.05) is 109 Å². The van der Waals surface area contributed by atoms with Gasteiger partial charge in [0.05, 0.1) is 0 Å². The van der Waals surface area contributed by atoms with E-state index in [2.05, 4.69) is 77.7 Å². The Kier molecular flexibility index (Phi) is 12.1. The Bertz CT molecular complexity index is 2650. The van der Waals surface area contributed by atoms with E-state index >= 15 is 0 Å². The van der Waals surface area contributed by atoms with Gasteiger partial charge in [0.25, 0.3) is 20.2 Å². The van der Waals surface area contributed by atoms with E-state index in [1.54, 1.807) is 6.08 Å². The van der Waals surface area contributed by atoms with Gasteiger partial charge in [0.1, 0.15) is 9.79 Å². The van der Waals surface area contributed by atoms with Crippen molar-refractivity contribution in [2.24, 2.45) is 0 Å². The number of para-hydroxylation sites is 1. The highest BCUT2D eigenvalue weighted by Gasteiger charge is 2.23. The minimum Gasteiger partial charge on any atom is -0.340 e. The number of aromatic nitrogens is 1. The topological polar surface area (TPSA) is 151 Å². The molecule has 1 aliphatic carbocycles. The number of carbonyl (C=O) groups excluding carboxylic acids is 2. The van der Waals surface area contributed by atoms with Crippen molar-refractivity contribution in [1.82, 2.24) is 9.47 Å². The Morgan fingerprint density at radius 2 is 1.27 bits per heavy atom. The Morgan fingerprint density at radius 1 is 0.714 bits per heavy atom. The first-order valence-corrected chi connectivity index (χ1v) is 20.6. The average molecular weight is 789 g/mol. The summed E-state index contributed by atoms with van der Waals surface area (Å²) in [4.78, 5) is 24.7. The van der Waals surface area contributed by atoms with Crippen LogP contribution in [0.25, 0.3) is 21.7 Å². The van der Waals surface area contributed by atoms with Gasteiger partial charge in [-0.05, 0) is 60.2 Å². The van der Waals surface area contributed by atoms with Crippen LogP contribution in [0.4, 0.5) is 0 Å². The van der Waals surface area contributed by atoms with Crippen LogP contribution in [0.1, 0.15) is 28.3 Å². The zero-order valence-corrected chi connectivity index (χ0v) is 32.2. The highest BCUT2D eigenvalue weighted by molar-refractivity contribution is 7.86. The van der Waals surface area contributed by atoms with Gasteiger partial charge in [0.15, 0.2) is 11.6 Å². The molecule has 2 N–H and O–H groups in total. The normalized spacial score (nSPS) is 14.9. The molecule has 1 aromatic heterocycles. The number of nitrogens with zero attached hydrogens (tertiary/aromatic N) is 2. The molecule has 12 heteroatoms. The molecule has 1 unspecified atom stereocenters. The van der Waals surface area contributed by atoms with Gasteiger partial charge < -0.3 is 9.47 Å². The third kappa shape index (κ3) is 9.02. The number of benzene rings is 5. The van der Waals surface area contributed by atoms with Crippen molar-refractivity contribution in [1.29, 1.82) is 0 Å². The smallest absolute Gasteiger partial charge is 0.295 e. The van der Waals surface area contributed by atoms with Crippen LogP contribution in [0.3, 0.4) is 0 Å². The van der Waals surface area contributed by atoms with Crippen LogP contribution in [0.5, 0.6) is 0 Å². The molecular formula is C44H40N2O8S2. The van der Waals surface area contributed by atoms with Crippen molar-refractivity contribution in [3.05, 3.63) is 180 Å². The molecule has 5 aromatic carbocycles. The fourth-order valence-electron chi connectivity index (χ4n) is 7.06. The first-order chi connectivity index (χ1) is 26.8. The summed E-state index contributed by atoms with van der Waals surface area (Å²) in [6.07, 6.45) is 6.83. The molecular weight excluding hydrogens is 749 g/mol. The minimum atomic E-state index is -4.47. The van der Waals surface area contributed by atoms with Crippen molar-refractivity contribution in [2.75, 3.05) is 13.6 Å². The molecule has 2 aliphatic rings. The molecule has 286 valence electrons. The van der Waals surface area contributed by atoms with Crippen molar-refractivity contribution in [3.63, 3.8) is 0 Å². The lowest BCUT2D eigenvalue weighted by molar-refractivity contribution is -0.114. The highest BCUT2D eigenvalue weighted by Crippen LogP contribution is 2.32. The summed E-state index contributed by atoms with van der Waals surface area (Å²) < 4.78 is 65.2. The second kappa shape index (κ2) is 16.9. The van der Waals surface area contributed by atoms with E-state index < -0.39 is 30.0 Å². The predicted molar refractivity (Wildman–Crippen MR) is 218 cm³/mol. The van der Waals surface area contributed by atoms with Crippen LogP contribution in [-0.4, -0.2) is 60.6 Å². The van der Waals surface area contributed by atoms with E-state index in [1.807, 2.05) is 30.3 Å². The van der Waals surface area contributed by atoms with Crippen LogP contribution in [0.15, 0.2) is 168 Å². The van der Waals surface area contributed by atoms with E-state index in [1.165, 1.54) is 70.2 Å². The fraction of sp³-hybridized carbons (Fsp3) is 0.136. The lowest BCUT2D eigenvalue weighted by atomic mass is 9.86. The number of carbonyl (C=O) groups is 2. The van der Waals surface area contributed by atoms with E-state index in [9.17, 15) is 26.4 Å². The summed E-state index contributed by atoms with van der Waals surface area (Å²) in [6.45, 7) is 6.93. The van der Waals surface area contributed by atoms with Crippen LogP contribution < -0.4 is 0 Å². The number of hydrogen-bond donors (Lipinski definition) is 2. The van der Waals surface area contributed by atoms with E-state index in [4.69, 9.17) is 9.11 Å². The van der Waals surface area contributed by atoms with Gasteiger partial charge in [0.2, 0.25) is 0 Å². The average Bonchev–Trinajstić information content (AvgIpc) is 3.48. The number of ketones is 2. The maximum atomic E-state index is 11.8. The molecule has 0 radical (unpaired) electrons. The third-order valence-corrected chi connectivity index (χ3v) is 11.5. The lowest BCUT2D eigenvalue weighted by Crippen LogP contribution is -2.27. The van der Waals surface area contributed by atoms with Gasteiger partial charge in [-0.15, -0.1) is 6.58 Å². The first-order valence-electron chi connectivity index (χ1n) is 17.7. The Morgan fingerprint density at radius 3 is 1.86 bits per heavy atom. The summed E-state index contributed by atoms with van der Waals surface area (Å²) in [5.74, 6) is -0.502. The molecule has 56 heavy (non-hydrogen) atoms. The van der Waals surface area contributed by atoms with Crippen LogP contribution in [-0.2, 0) is 49.3 Å². The molecule has 0 bridgehead atoms. The van der Waals surface area contributed by atoms with Gasteiger partial charge >= 0.3 is 0 Å². The number of rotatable bonds is 7. The largest absolute Gasteiger partial charge is 0.340 e. The van der Waals surface area contributed by atoms with E-state index in [-0.39, 0.29) is 28.3 Å². The molecule has 0 saturated heterocycles. The number of likely N-dealkylation sites (N-methyl/N-ethyl adjacent to an activating group) is 1. The molecule has 0 fully saturated rings. The standard InChI is InChI=1S/C19H20N2.C15H12O2.C10H8O6S2/c1-20-12-11-19-17(14-20)16-9-5-6-10-18(16)21(19)13-15-7-3-2-4-8-15;1-2-13(11-6-4-3-5-7-11)14-10-12(16)8-9-15(14)17;11-17(12,13)9-5-1-3-7-8(9)4-2-6-10(7)18(14,15)16/h2-10H,11-14H2,1H3;2-10,13H,1H2;1-6H,(H,11,12,13)(H,14,15,16). The zero-order valence-electron chi connectivity index (χ0n) is 30.5. The lowest BCUT2D eigenvalue weighted by Gasteiger charge is -2.24. The van der Waals surface area contributed by atoms with Crippen molar-refractivity contribution in [2.45, 2.75) is 35.2 Å². The summed E-state index contributed by atoms with van der Waals surface area (Å²) in [5.41, 5.74) is 7.25. The second-order valence-electron chi connectivity index (χ2n) is 13.4.